The van der Waals surface area contributed by atoms with Crippen molar-refractivity contribution in [2.45, 2.75) is 19.8 Å². The van der Waals surface area contributed by atoms with Crippen LogP contribution in [0.1, 0.15) is 12.5 Å². The number of morpholine rings is 1. The van der Waals surface area contributed by atoms with Crippen LogP contribution in [-0.2, 0) is 18.3 Å². The van der Waals surface area contributed by atoms with E-state index in [1.54, 1.807) is 37.8 Å². The van der Waals surface area contributed by atoms with Gasteiger partial charge in [0, 0.05) is 56.8 Å². The summed E-state index contributed by atoms with van der Waals surface area (Å²) in [6, 6.07) is 9.07. The molecular weight excluding hydrogens is 439 g/mol. The number of para-hydroxylation sites is 1. The summed E-state index contributed by atoms with van der Waals surface area (Å²) in [5, 5.41) is 0.495. The van der Waals surface area contributed by atoms with Crippen molar-refractivity contribution in [2.75, 3.05) is 31.2 Å². The Morgan fingerprint density at radius 3 is 2.59 bits per heavy atom. The molecule has 176 valence electrons. The third-order valence-corrected chi connectivity index (χ3v) is 5.86. The van der Waals surface area contributed by atoms with Gasteiger partial charge in [0.05, 0.1) is 36.4 Å². The molecule has 0 bridgehead atoms. The molecule has 10 heteroatoms. The minimum absolute atomic E-state index is 0.162. The summed E-state index contributed by atoms with van der Waals surface area (Å²) in [7, 11) is 1.70. The summed E-state index contributed by atoms with van der Waals surface area (Å²) in [6.07, 6.45) is 3.61. The molecule has 4 heterocycles. The van der Waals surface area contributed by atoms with E-state index in [4.69, 9.17) is 9.47 Å². The number of halogens is 1. The molecule has 1 atom stereocenters. The molecule has 1 unspecified atom stereocenters. The number of pyridine rings is 1. The van der Waals surface area contributed by atoms with Crippen LogP contribution in [0, 0.1) is 0 Å². The Morgan fingerprint density at radius 2 is 1.85 bits per heavy atom. The van der Waals surface area contributed by atoms with E-state index in [0.29, 0.717) is 48.1 Å². The van der Waals surface area contributed by atoms with Gasteiger partial charge in [-0.05, 0) is 12.1 Å². The molecule has 1 aliphatic heterocycles. The largest absolute Gasteiger partial charge is 0.460 e. The molecule has 0 amide bonds. The minimum atomic E-state index is -1.44. The summed E-state index contributed by atoms with van der Waals surface area (Å²) in [4.78, 5) is 28.4. The Labute approximate surface area is 195 Å². The summed E-state index contributed by atoms with van der Waals surface area (Å²) in [5.41, 5.74) is 2.71. The van der Waals surface area contributed by atoms with Crippen LogP contribution in [0.2, 0.25) is 0 Å². The van der Waals surface area contributed by atoms with Crippen LogP contribution in [-0.4, -0.2) is 57.0 Å². The Kier molecular flexibility index (Phi) is 5.97. The molecule has 0 spiro atoms. The lowest BCUT2D eigenvalue weighted by atomic mass is 10.2. The SMILES string of the molecule is CC(F)Oc1ccccc1Cn1c2cc(-c3cnc(N4CCOCC4)nc3)ncc2c(=O)n1C. The number of hydrogen-bond acceptors (Lipinski definition) is 7. The van der Waals surface area contributed by atoms with Crippen LogP contribution in [0.4, 0.5) is 10.3 Å². The molecule has 1 aliphatic rings. The van der Waals surface area contributed by atoms with Gasteiger partial charge in [-0.15, -0.1) is 0 Å². The summed E-state index contributed by atoms with van der Waals surface area (Å²) >= 11 is 0. The highest BCUT2D eigenvalue weighted by atomic mass is 19.1. The van der Waals surface area contributed by atoms with Gasteiger partial charge < -0.3 is 14.4 Å². The Hall–Kier alpha value is -3.79. The van der Waals surface area contributed by atoms with Gasteiger partial charge >= 0.3 is 0 Å². The maximum absolute atomic E-state index is 13.5. The highest BCUT2D eigenvalue weighted by Gasteiger charge is 2.17. The highest BCUT2D eigenvalue weighted by molar-refractivity contribution is 5.82. The van der Waals surface area contributed by atoms with E-state index in [9.17, 15) is 9.18 Å². The topological polar surface area (TPSA) is 87.3 Å². The zero-order valence-corrected chi connectivity index (χ0v) is 19.0. The number of alkyl halides is 1. The molecule has 0 aliphatic carbocycles. The molecule has 1 saturated heterocycles. The molecule has 9 nitrogen and oxygen atoms in total. The van der Waals surface area contributed by atoms with Crippen molar-refractivity contribution in [3.05, 3.63) is 64.8 Å². The van der Waals surface area contributed by atoms with Crippen LogP contribution in [0.25, 0.3) is 22.2 Å². The van der Waals surface area contributed by atoms with Gasteiger partial charge in [-0.1, -0.05) is 18.2 Å². The first-order valence-electron chi connectivity index (χ1n) is 11.1. The van der Waals surface area contributed by atoms with Crippen LogP contribution in [0.3, 0.4) is 0 Å². The smallest absolute Gasteiger partial charge is 0.275 e. The molecule has 4 aromatic rings. The number of ether oxygens (including phenoxy) is 2. The average molecular weight is 465 g/mol. The number of aromatic nitrogens is 5. The van der Waals surface area contributed by atoms with Crippen LogP contribution < -0.4 is 15.2 Å². The standard InChI is InChI=1S/C24H25FN6O3/c1-16(25)34-22-6-4-3-5-17(22)15-31-21-11-20(26-14-19(21)23(32)29(31)2)18-12-27-24(28-13-18)30-7-9-33-10-8-30/h3-6,11-14,16H,7-10,15H2,1-2H3. The molecule has 1 aromatic carbocycles. The number of hydrogen-bond donors (Lipinski definition) is 0. The second-order valence-corrected chi connectivity index (χ2v) is 8.11. The quantitative estimate of drug-likeness (QED) is 0.434. The predicted molar refractivity (Wildman–Crippen MR) is 126 cm³/mol. The minimum Gasteiger partial charge on any atom is -0.460 e. The van der Waals surface area contributed by atoms with Gasteiger partial charge in [0.2, 0.25) is 12.3 Å². The summed E-state index contributed by atoms with van der Waals surface area (Å²) in [6.45, 7) is 4.50. The van der Waals surface area contributed by atoms with Crippen molar-refractivity contribution >= 4 is 16.9 Å². The van der Waals surface area contributed by atoms with Crippen molar-refractivity contribution in [1.29, 1.82) is 0 Å². The van der Waals surface area contributed by atoms with E-state index >= 15 is 0 Å². The second-order valence-electron chi connectivity index (χ2n) is 8.11. The van der Waals surface area contributed by atoms with E-state index in [1.807, 2.05) is 22.9 Å². The van der Waals surface area contributed by atoms with Crippen LogP contribution in [0.15, 0.2) is 53.7 Å². The lowest BCUT2D eigenvalue weighted by Gasteiger charge is -2.26. The fourth-order valence-corrected chi connectivity index (χ4v) is 4.08. The number of anilines is 1. The van der Waals surface area contributed by atoms with Gasteiger partial charge in [-0.3, -0.25) is 19.1 Å². The van der Waals surface area contributed by atoms with Crippen molar-refractivity contribution in [2.24, 2.45) is 7.05 Å². The fourth-order valence-electron chi connectivity index (χ4n) is 4.08. The monoisotopic (exact) mass is 464 g/mol. The number of fused-ring (bicyclic) bond motifs is 1. The van der Waals surface area contributed by atoms with Gasteiger partial charge in [-0.2, -0.15) is 0 Å². The number of benzene rings is 1. The molecule has 3 aromatic heterocycles. The van der Waals surface area contributed by atoms with Crippen molar-refractivity contribution < 1.29 is 13.9 Å². The Morgan fingerprint density at radius 1 is 1.12 bits per heavy atom. The number of rotatable bonds is 6. The third kappa shape index (κ3) is 4.24. The lowest BCUT2D eigenvalue weighted by molar-refractivity contribution is 0.0847. The fraction of sp³-hybridized carbons (Fsp3) is 0.333. The van der Waals surface area contributed by atoms with E-state index in [-0.39, 0.29) is 5.56 Å². The van der Waals surface area contributed by atoms with Crippen molar-refractivity contribution in [3.8, 4) is 17.0 Å². The summed E-state index contributed by atoms with van der Waals surface area (Å²) < 4.78 is 27.6. The predicted octanol–water partition coefficient (Wildman–Crippen LogP) is 2.77. The maximum Gasteiger partial charge on any atom is 0.275 e. The van der Waals surface area contributed by atoms with E-state index in [2.05, 4.69) is 19.9 Å². The molecule has 0 saturated carbocycles. The third-order valence-electron chi connectivity index (χ3n) is 5.86. The van der Waals surface area contributed by atoms with E-state index in [1.165, 1.54) is 11.6 Å². The first kappa shape index (κ1) is 22.0. The van der Waals surface area contributed by atoms with Crippen LogP contribution >= 0.6 is 0 Å². The van der Waals surface area contributed by atoms with E-state index in [0.717, 1.165) is 24.2 Å². The maximum atomic E-state index is 13.5. The Bertz CT molecular complexity index is 1360. The normalized spacial score (nSPS) is 15.0. The lowest BCUT2D eigenvalue weighted by Crippen LogP contribution is -2.37. The van der Waals surface area contributed by atoms with Gasteiger partial charge in [0.15, 0.2) is 0 Å². The zero-order valence-electron chi connectivity index (χ0n) is 19.0. The molecule has 0 N–H and O–H groups in total. The van der Waals surface area contributed by atoms with Gasteiger partial charge in [0.1, 0.15) is 5.75 Å². The Balaban J connectivity index is 1.50. The molecule has 1 fully saturated rings. The molecule has 0 radical (unpaired) electrons. The average Bonchev–Trinajstić information content (AvgIpc) is 3.10. The zero-order chi connectivity index (χ0) is 23.7. The van der Waals surface area contributed by atoms with Crippen molar-refractivity contribution in [3.63, 3.8) is 0 Å². The van der Waals surface area contributed by atoms with E-state index < -0.39 is 6.36 Å². The molecular formula is C24H25FN6O3. The first-order chi connectivity index (χ1) is 16.5. The highest BCUT2D eigenvalue weighted by Crippen LogP contribution is 2.25. The van der Waals surface area contributed by atoms with Gasteiger partial charge in [0.25, 0.3) is 5.56 Å². The molecule has 5 rings (SSSR count). The second kappa shape index (κ2) is 9.22. The first-order valence-corrected chi connectivity index (χ1v) is 11.1. The summed E-state index contributed by atoms with van der Waals surface area (Å²) in [5.74, 6) is 1.09. The molecule has 34 heavy (non-hydrogen) atoms. The number of nitrogens with zero attached hydrogens (tertiary/aromatic N) is 6. The van der Waals surface area contributed by atoms with Gasteiger partial charge in [-0.25, -0.2) is 14.4 Å². The van der Waals surface area contributed by atoms with Crippen LogP contribution in [0.5, 0.6) is 5.75 Å². The van der Waals surface area contributed by atoms with Crippen molar-refractivity contribution in [1.82, 2.24) is 24.3 Å².